The zero-order valence-electron chi connectivity index (χ0n) is 12.0. The topological polar surface area (TPSA) is 77.2 Å². The third-order valence-corrected chi connectivity index (χ3v) is 4.48. The minimum absolute atomic E-state index is 0.169. The van der Waals surface area contributed by atoms with Gasteiger partial charge >= 0.3 is 5.97 Å². The summed E-state index contributed by atoms with van der Waals surface area (Å²) in [6.07, 6.45) is 4.47. The molecule has 1 aromatic rings. The van der Waals surface area contributed by atoms with Crippen LogP contribution in [0, 0.1) is 11.3 Å². The Morgan fingerprint density at radius 3 is 2.95 bits per heavy atom. The van der Waals surface area contributed by atoms with Crippen molar-refractivity contribution in [2.75, 3.05) is 6.61 Å². The third-order valence-electron chi connectivity index (χ3n) is 4.48. The lowest BCUT2D eigenvalue weighted by Gasteiger charge is -2.29. The summed E-state index contributed by atoms with van der Waals surface area (Å²) >= 11 is 0. The number of nitrogens with zero attached hydrogens (tertiary/aromatic N) is 3. The van der Waals surface area contributed by atoms with E-state index in [-0.39, 0.29) is 12.1 Å². The minimum atomic E-state index is -0.832. The zero-order chi connectivity index (χ0) is 14.3. The Bertz CT molecular complexity index is 510. The largest absolute Gasteiger partial charge is 0.481 e. The summed E-state index contributed by atoms with van der Waals surface area (Å²) in [5.74, 6) is 0.396. The molecule has 1 aliphatic heterocycles. The molecule has 2 aliphatic rings. The number of aliphatic carboxylic acids is 1. The van der Waals surface area contributed by atoms with Crippen molar-refractivity contribution in [1.82, 2.24) is 14.8 Å². The van der Waals surface area contributed by atoms with Crippen LogP contribution >= 0.6 is 0 Å². The summed E-state index contributed by atoms with van der Waals surface area (Å²) in [6, 6.07) is 0.181. The highest BCUT2D eigenvalue weighted by molar-refractivity contribution is 5.76. The van der Waals surface area contributed by atoms with Gasteiger partial charge < -0.3 is 9.84 Å². The van der Waals surface area contributed by atoms with Gasteiger partial charge in [-0.1, -0.05) is 0 Å². The molecular formula is C14H21N3O3. The molecule has 2 heterocycles. The summed E-state index contributed by atoms with van der Waals surface area (Å²) in [6.45, 7) is 4.58. The second-order valence-corrected chi connectivity index (χ2v) is 6.23. The maximum atomic E-state index is 11.9. The van der Waals surface area contributed by atoms with E-state index in [1.807, 2.05) is 18.5 Å². The smallest absolute Gasteiger partial charge is 0.312 e. The van der Waals surface area contributed by atoms with Gasteiger partial charge in [-0.3, -0.25) is 4.79 Å². The first-order chi connectivity index (χ1) is 9.54. The third kappa shape index (κ3) is 2.12. The van der Waals surface area contributed by atoms with Gasteiger partial charge in [-0.15, -0.1) is 0 Å². The van der Waals surface area contributed by atoms with Crippen molar-refractivity contribution < 1.29 is 14.6 Å². The molecule has 0 amide bonds. The molecule has 2 fully saturated rings. The zero-order valence-corrected chi connectivity index (χ0v) is 12.0. The van der Waals surface area contributed by atoms with Gasteiger partial charge in [-0.25, -0.2) is 9.67 Å². The van der Waals surface area contributed by atoms with E-state index >= 15 is 0 Å². The summed E-state index contributed by atoms with van der Waals surface area (Å²) in [7, 11) is 0. The van der Waals surface area contributed by atoms with Crippen molar-refractivity contribution in [3.8, 4) is 0 Å². The van der Waals surface area contributed by atoms with E-state index in [2.05, 4.69) is 10.1 Å². The SMILES string of the molecule is CC(C)n1ncnc1CC1(C(=O)O)CCOC1C1CC1. The van der Waals surface area contributed by atoms with Crippen LogP contribution in [0.3, 0.4) is 0 Å². The Balaban J connectivity index is 1.91. The molecule has 0 aromatic carbocycles. The molecule has 1 saturated carbocycles. The van der Waals surface area contributed by atoms with Gasteiger partial charge in [0.05, 0.1) is 6.10 Å². The van der Waals surface area contributed by atoms with Crippen molar-refractivity contribution in [3.05, 3.63) is 12.2 Å². The highest BCUT2D eigenvalue weighted by atomic mass is 16.5. The molecule has 20 heavy (non-hydrogen) atoms. The molecule has 2 atom stereocenters. The predicted molar refractivity (Wildman–Crippen MR) is 71.3 cm³/mol. The van der Waals surface area contributed by atoms with Gasteiger partial charge in [-0.05, 0) is 39.0 Å². The second-order valence-electron chi connectivity index (χ2n) is 6.23. The second kappa shape index (κ2) is 4.84. The van der Waals surface area contributed by atoms with Crippen molar-refractivity contribution in [2.24, 2.45) is 11.3 Å². The lowest BCUT2D eigenvalue weighted by atomic mass is 9.76. The fourth-order valence-electron chi connectivity index (χ4n) is 3.26. The van der Waals surface area contributed by atoms with E-state index in [9.17, 15) is 9.90 Å². The number of ether oxygens (including phenoxy) is 1. The molecule has 1 N–H and O–H groups in total. The van der Waals surface area contributed by atoms with Crippen LogP contribution in [0.4, 0.5) is 0 Å². The average Bonchev–Trinajstić information content (AvgIpc) is 2.97. The number of carboxylic acids is 1. The summed E-state index contributed by atoms with van der Waals surface area (Å²) in [5.41, 5.74) is -0.832. The van der Waals surface area contributed by atoms with Crippen LogP contribution in [0.5, 0.6) is 0 Å². The first kappa shape index (κ1) is 13.5. The fraction of sp³-hybridized carbons (Fsp3) is 0.786. The average molecular weight is 279 g/mol. The minimum Gasteiger partial charge on any atom is -0.481 e. The Hall–Kier alpha value is -1.43. The maximum absolute atomic E-state index is 11.9. The number of hydrogen-bond donors (Lipinski definition) is 1. The molecule has 1 saturated heterocycles. The fourth-order valence-corrected chi connectivity index (χ4v) is 3.26. The number of aromatic nitrogens is 3. The molecule has 1 aliphatic carbocycles. The molecule has 0 radical (unpaired) electrons. The predicted octanol–water partition coefficient (Wildman–Crippen LogP) is 1.67. The van der Waals surface area contributed by atoms with Crippen LogP contribution < -0.4 is 0 Å². The monoisotopic (exact) mass is 279 g/mol. The molecule has 110 valence electrons. The van der Waals surface area contributed by atoms with E-state index in [1.165, 1.54) is 6.33 Å². The number of hydrogen-bond acceptors (Lipinski definition) is 4. The molecule has 2 unspecified atom stereocenters. The molecule has 0 spiro atoms. The van der Waals surface area contributed by atoms with Crippen molar-refractivity contribution in [1.29, 1.82) is 0 Å². The van der Waals surface area contributed by atoms with Gasteiger partial charge in [0.25, 0.3) is 0 Å². The highest BCUT2D eigenvalue weighted by Gasteiger charge is 2.56. The highest BCUT2D eigenvalue weighted by Crippen LogP contribution is 2.49. The Morgan fingerprint density at radius 1 is 1.60 bits per heavy atom. The Morgan fingerprint density at radius 2 is 2.35 bits per heavy atom. The number of carbonyl (C=O) groups is 1. The normalized spacial score (nSPS) is 30.1. The van der Waals surface area contributed by atoms with Crippen LogP contribution in [-0.2, 0) is 16.0 Å². The molecule has 6 heteroatoms. The van der Waals surface area contributed by atoms with Crippen LogP contribution in [0.1, 0.15) is 45.0 Å². The van der Waals surface area contributed by atoms with Gasteiger partial charge in [0.1, 0.15) is 17.6 Å². The van der Waals surface area contributed by atoms with E-state index in [4.69, 9.17) is 4.74 Å². The van der Waals surface area contributed by atoms with Gasteiger partial charge in [0.2, 0.25) is 0 Å². The number of rotatable bonds is 5. The summed E-state index contributed by atoms with van der Waals surface area (Å²) < 4.78 is 7.58. The molecular weight excluding hydrogens is 258 g/mol. The molecule has 1 aromatic heterocycles. The first-order valence-electron chi connectivity index (χ1n) is 7.28. The van der Waals surface area contributed by atoms with Crippen LogP contribution in [-0.4, -0.2) is 38.6 Å². The van der Waals surface area contributed by atoms with E-state index in [1.54, 1.807) is 0 Å². The van der Waals surface area contributed by atoms with Crippen molar-refractivity contribution in [2.45, 2.75) is 51.7 Å². The van der Waals surface area contributed by atoms with Crippen LogP contribution in [0.2, 0.25) is 0 Å². The van der Waals surface area contributed by atoms with Crippen molar-refractivity contribution >= 4 is 5.97 Å². The number of carboxylic acid groups (broad SMARTS) is 1. The molecule has 6 nitrogen and oxygen atoms in total. The lowest BCUT2D eigenvalue weighted by Crippen LogP contribution is -2.43. The Kier molecular flexibility index (Phi) is 3.28. The summed E-state index contributed by atoms with van der Waals surface area (Å²) in [5, 5.41) is 14.0. The standard InChI is InChI=1S/C14H21N3O3/c1-9(2)17-11(15-8-16-17)7-14(13(18)19)5-6-20-12(14)10-3-4-10/h8-10,12H,3-7H2,1-2H3,(H,18,19). The summed E-state index contributed by atoms with van der Waals surface area (Å²) in [4.78, 5) is 16.2. The molecule has 0 bridgehead atoms. The van der Waals surface area contributed by atoms with E-state index in [0.717, 1.165) is 18.7 Å². The Labute approximate surface area is 118 Å². The molecule has 3 rings (SSSR count). The lowest BCUT2D eigenvalue weighted by molar-refractivity contribution is -0.153. The van der Waals surface area contributed by atoms with Gasteiger partial charge in [0.15, 0.2) is 0 Å². The van der Waals surface area contributed by atoms with Crippen LogP contribution in [0.15, 0.2) is 6.33 Å². The van der Waals surface area contributed by atoms with Gasteiger partial charge in [-0.2, -0.15) is 5.10 Å². The van der Waals surface area contributed by atoms with Crippen molar-refractivity contribution in [3.63, 3.8) is 0 Å². The quantitative estimate of drug-likeness (QED) is 0.887. The van der Waals surface area contributed by atoms with Crippen LogP contribution in [0.25, 0.3) is 0 Å². The van der Waals surface area contributed by atoms with E-state index < -0.39 is 11.4 Å². The van der Waals surface area contributed by atoms with Gasteiger partial charge in [0, 0.05) is 19.1 Å². The van der Waals surface area contributed by atoms with E-state index in [0.29, 0.717) is 25.4 Å². The first-order valence-corrected chi connectivity index (χ1v) is 7.28. The maximum Gasteiger partial charge on any atom is 0.312 e.